The van der Waals surface area contributed by atoms with Gasteiger partial charge in [0.15, 0.2) is 0 Å². The number of halogens is 3. The smallest absolute Gasteiger partial charge is 0.133 e. The standard InChI is InChI=1S/C23H28F3N3S/c1-14(2)8-19-9-16-12-27-13-29(23(16)30-19)18-4-6-28(7-5-18)15(3)22-20(25)10-17(24)11-21(22)26/h9-15,18,23H,4-8H2,1-3H3. The molecule has 2 unspecified atom stereocenters. The molecule has 162 valence electrons. The maximum absolute atomic E-state index is 14.2. The SMILES string of the molecule is CC(C)CC1=CC2=CN=CN(C3CCN(C(C)c4c(F)cc(F)cc4F)CC3)C2S1. The number of thioether (sulfide) groups is 1. The van der Waals surface area contributed by atoms with Crippen molar-refractivity contribution in [3.05, 3.63) is 57.9 Å². The first kappa shape index (κ1) is 21.5. The summed E-state index contributed by atoms with van der Waals surface area (Å²) in [4.78, 5) is 10.3. The van der Waals surface area contributed by atoms with Crippen molar-refractivity contribution in [1.29, 1.82) is 0 Å². The van der Waals surface area contributed by atoms with E-state index >= 15 is 0 Å². The van der Waals surface area contributed by atoms with Gasteiger partial charge in [0.05, 0.1) is 6.34 Å². The number of likely N-dealkylation sites (tertiary alicyclic amines) is 1. The van der Waals surface area contributed by atoms with E-state index in [9.17, 15) is 13.2 Å². The molecule has 0 radical (unpaired) electrons. The van der Waals surface area contributed by atoms with Gasteiger partial charge in [-0.15, -0.1) is 11.8 Å². The lowest BCUT2D eigenvalue weighted by Crippen LogP contribution is -2.48. The predicted molar refractivity (Wildman–Crippen MR) is 117 cm³/mol. The fraction of sp³-hybridized carbons (Fsp3) is 0.522. The third-order valence-electron chi connectivity index (χ3n) is 6.11. The monoisotopic (exact) mass is 435 g/mol. The molecule has 2 atom stereocenters. The summed E-state index contributed by atoms with van der Waals surface area (Å²) in [6.07, 6.45) is 9.04. The van der Waals surface area contributed by atoms with Gasteiger partial charge >= 0.3 is 0 Å². The van der Waals surface area contributed by atoms with Crippen LogP contribution in [0, 0.1) is 23.4 Å². The summed E-state index contributed by atoms with van der Waals surface area (Å²) in [6, 6.07) is 1.43. The molecule has 0 aliphatic carbocycles. The number of hydrogen-bond acceptors (Lipinski definition) is 4. The second-order valence-corrected chi connectivity index (χ2v) is 9.95. The molecule has 0 saturated carbocycles. The molecule has 30 heavy (non-hydrogen) atoms. The van der Waals surface area contributed by atoms with E-state index < -0.39 is 23.5 Å². The van der Waals surface area contributed by atoms with E-state index in [1.165, 1.54) is 10.5 Å². The normalized spacial score (nSPS) is 23.6. The summed E-state index contributed by atoms with van der Waals surface area (Å²) < 4.78 is 41.7. The number of aliphatic imine (C=N–C) groups is 1. The number of nitrogens with zero attached hydrogens (tertiary/aromatic N) is 3. The van der Waals surface area contributed by atoms with Gasteiger partial charge in [-0.2, -0.15) is 0 Å². The highest BCUT2D eigenvalue weighted by Crippen LogP contribution is 2.43. The Hall–Kier alpha value is -1.73. The number of piperidine rings is 1. The average Bonchev–Trinajstić information content (AvgIpc) is 3.08. The highest BCUT2D eigenvalue weighted by Gasteiger charge is 2.36. The Morgan fingerprint density at radius 2 is 1.77 bits per heavy atom. The van der Waals surface area contributed by atoms with Crippen LogP contribution >= 0.6 is 11.8 Å². The minimum atomic E-state index is -0.882. The Morgan fingerprint density at radius 3 is 2.40 bits per heavy atom. The molecular weight excluding hydrogens is 407 g/mol. The second-order valence-electron chi connectivity index (χ2n) is 8.75. The van der Waals surface area contributed by atoms with Crippen molar-refractivity contribution < 1.29 is 13.2 Å². The fourth-order valence-electron chi connectivity index (χ4n) is 4.60. The van der Waals surface area contributed by atoms with Gasteiger partial charge in [0.2, 0.25) is 0 Å². The summed E-state index contributed by atoms with van der Waals surface area (Å²) in [5.74, 6) is -1.89. The molecular formula is C23H28F3N3S. The molecule has 0 N–H and O–H groups in total. The first-order valence-electron chi connectivity index (χ1n) is 10.6. The van der Waals surface area contributed by atoms with Crippen LogP contribution in [0.2, 0.25) is 0 Å². The summed E-state index contributed by atoms with van der Waals surface area (Å²) >= 11 is 1.91. The number of hydrogen-bond donors (Lipinski definition) is 0. The molecule has 4 rings (SSSR count). The lowest BCUT2D eigenvalue weighted by atomic mass is 9.98. The zero-order valence-corrected chi connectivity index (χ0v) is 18.4. The van der Waals surface area contributed by atoms with E-state index in [1.807, 2.05) is 24.3 Å². The van der Waals surface area contributed by atoms with Crippen LogP contribution in [0.3, 0.4) is 0 Å². The molecule has 1 fully saturated rings. The van der Waals surface area contributed by atoms with Crippen molar-refractivity contribution in [3.63, 3.8) is 0 Å². The summed E-state index contributed by atoms with van der Waals surface area (Å²) in [6.45, 7) is 7.72. The van der Waals surface area contributed by atoms with Crippen molar-refractivity contribution in [1.82, 2.24) is 9.80 Å². The Morgan fingerprint density at radius 1 is 1.10 bits per heavy atom. The summed E-state index contributed by atoms with van der Waals surface area (Å²) in [5, 5.41) is 0.275. The predicted octanol–water partition coefficient (Wildman–Crippen LogP) is 5.86. The van der Waals surface area contributed by atoms with Gasteiger partial charge in [-0.1, -0.05) is 13.8 Å². The Kier molecular flexibility index (Phi) is 6.30. The van der Waals surface area contributed by atoms with E-state index in [0.717, 1.165) is 44.5 Å². The maximum Gasteiger partial charge on any atom is 0.133 e. The van der Waals surface area contributed by atoms with Crippen LogP contribution in [-0.4, -0.2) is 40.6 Å². The lowest BCUT2D eigenvalue weighted by Gasteiger charge is -2.43. The highest BCUT2D eigenvalue weighted by molar-refractivity contribution is 8.04. The van der Waals surface area contributed by atoms with Gasteiger partial charge in [0.1, 0.15) is 22.8 Å². The van der Waals surface area contributed by atoms with E-state index in [2.05, 4.69) is 34.7 Å². The summed E-state index contributed by atoms with van der Waals surface area (Å²) in [7, 11) is 0. The van der Waals surface area contributed by atoms with Crippen molar-refractivity contribution >= 4 is 18.1 Å². The molecule has 0 spiro atoms. The van der Waals surface area contributed by atoms with Gasteiger partial charge < -0.3 is 4.90 Å². The largest absolute Gasteiger partial charge is 0.343 e. The Labute approximate surface area is 180 Å². The van der Waals surface area contributed by atoms with Crippen LogP contribution in [0.1, 0.15) is 51.6 Å². The van der Waals surface area contributed by atoms with E-state index in [-0.39, 0.29) is 10.9 Å². The number of rotatable bonds is 5. The molecule has 7 heteroatoms. The van der Waals surface area contributed by atoms with Gasteiger partial charge in [0.25, 0.3) is 0 Å². The molecule has 3 nitrogen and oxygen atoms in total. The van der Waals surface area contributed by atoms with E-state index in [1.54, 1.807) is 6.92 Å². The Balaban J connectivity index is 1.40. The van der Waals surface area contributed by atoms with Crippen LogP contribution in [0.15, 0.2) is 39.9 Å². The molecule has 1 saturated heterocycles. The zero-order chi connectivity index (χ0) is 21.4. The van der Waals surface area contributed by atoms with Crippen molar-refractivity contribution in [2.75, 3.05) is 13.1 Å². The molecule has 3 aliphatic heterocycles. The van der Waals surface area contributed by atoms with Crippen LogP contribution < -0.4 is 0 Å². The summed E-state index contributed by atoms with van der Waals surface area (Å²) in [5.41, 5.74) is 1.21. The van der Waals surface area contributed by atoms with Crippen LogP contribution in [0.4, 0.5) is 13.2 Å². The third kappa shape index (κ3) is 4.33. The molecule has 0 bridgehead atoms. The molecule has 1 aromatic carbocycles. The van der Waals surface area contributed by atoms with Crippen LogP contribution in [0.25, 0.3) is 0 Å². The van der Waals surface area contributed by atoms with E-state index in [4.69, 9.17) is 0 Å². The van der Waals surface area contributed by atoms with Crippen LogP contribution in [-0.2, 0) is 0 Å². The maximum atomic E-state index is 14.2. The highest BCUT2D eigenvalue weighted by atomic mass is 32.2. The molecule has 1 aromatic rings. The van der Waals surface area contributed by atoms with Gasteiger partial charge in [-0.05, 0) is 43.1 Å². The van der Waals surface area contributed by atoms with Crippen LogP contribution in [0.5, 0.6) is 0 Å². The first-order valence-corrected chi connectivity index (χ1v) is 11.5. The minimum absolute atomic E-state index is 0.0477. The van der Waals surface area contributed by atoms with Crippen molar-refractivity contribution in [2.45, 2.75) is 57.5 Å². The first-order chi connectivity index (χ1) is 14.3. The number of benzene rings is 1. The second kappa shape index (κ2) is 8.79. The quantitative estimate of drug-likeness (QED) is 0.577. The van der Waals surface area contributed by atoms with Gasteiger partial charge in [0, 0.05) is 54.6 Å². The Bertz CT molecular complexity index is 865. The number of fused-ring (bicyclic) bond motifs is 1. The van der Waals surface area contributed by atoms with Gasteiger partial charge in [-0.25, -0.2) is 18.2 Å². The molecule has 0 amide bonds. The van der Waals surface area contributed by atoms with Gasteiger partial charge in [-0.3, -0.25) is 4.90 Å². The average molecular weight is 436 g/mol. The molecule has 3 heterocycles. The fourth-order valence-corrected chi connectivity index (χ4v) is 6.13. The zero-order valence-electron chi connectivity index (χ0n) is 17.6. The third-order valence-corrected chi connectivity index (χ3v) is 7.44. The van der Waals surface area contributed by atoms with Crippen molar-refractivity contribution in [3.8, 4) is 0 Å². The van der Waals surface area contributed by atoms with E-state index in [0.29, 0.717) is 12.0 Å². The minimum Gasteiger partial charge on any atom is -0.343 e. The van der Waals surface area contributed by atoms with Crippen molar-refractivity contribution in [2.24, 2.45) is 10.9 Å². The number of allylic oxidation sites excluding steroid dienone is 1. The molecule has 3 aliphatic rings. The molecule has 0 aromatic heterocycles. The lowest BCUT2D eigenvalue weighted by molar-refractivity contribution is 0.119. The topological polar surface area (TPSA) is 18.8 Å².